The highest BCUT2D eigenvalue weighted by molar-refractivity contribution is 6.26. The van der Waals surface area contributed by atoms with E-state index in [0.717, 1.165) is 32.0 Å². The number of hydrogen-bond acceptors (Lipinski definition) is 4. The van der Waals surface area contributed by atoms with Crippen molar-refractivity contribution >= 4 is 28.3 Å². The monoisotopic (exact) mass is 300 g/mol. The fourth-order valence-corrected chi connectivity index (χ4v) is 3.37. The molecule has 0 radical (unpaired) electrons. The van der Waals surface area contributed by atoms with Crippen LogP contribution in [0.4, 0.5) is 10.1 Å². The Hall–Kier alpha value is -2.47. The van der Waals surface area contributed by atoms with Crippen LogP contribution in [0.1, 0.15) is 33.6 Å². The third kappa shape index (κ3) is 1.61. The summed E-state index contributed by atoms with van der Waals surface area (Å²) in [6, 6.07) is 6.02. The van der Waals surface area contributed by atoms with Gasteiger partial charge in [0.1, 0.15) is 5.82 Å². The molecule has 0 bridgehead atoms. The molecule has 0 atom stereocenters. The van der Waals surface area contributed by atoms with Crippen LogP contribution >= 0.6 is 0 Å². The van der Waals surface area contributed by atoms with E-state index in [4.69, 9.17) is 0 Å². The summed E-state index contributed by atoms with van der Waals surface area (Å²) in [5.41, 5.74) is 0.674. The summed E-state index contributed by atoms with van der Waals surface area (Å²) in [7, 11) is 0. The quantitative estimate of drug-likeness (QED) is 0.649. The van der Waals surface area contributed by atoms with Gasteiger partial charge in [0, 0.05) is 23.9 Å². The number of carbonyl (C=O) groups excluding carboxylic acids is 2. The van der Waals surface area contributed by atoms with Crippen LogP contribution in [-0.2, 0) is 0 Å². The van der Waals surface area contributed by atoms with Crippen LogP contribution in [-0.4, -0.2) is 35.2 Å². The molecule has 2 aromatic rings. The maximum absolute atomic E-state index is 14.6. The molecule has 2 aliphatic rings. The molecule has 0 unspecified atom stereocenters. The smallest absolute Gasteiger partial charge is 0.285 e. The molecule has 4 rings (SSSR count). The first-order valence-corrected chi connectivity index (χ1v) is 7.17. The van der Waals surface area contributed by atoms with Crippen molar-refractivity contribution in [1.82, 2.24) is 5.06 Å². The summed E-state index contributed by atoms with van der Waals surface area (Å²) >= 11 is 0. The molecule has 2 amide bonds. The van der Waals surface area contributed by atoms with Crippen molar-refractivity contribution < 1.29 is 19.2 Å². The van der Waals surface area contributed by atoms with E-state index < -0.39 is 17.6 Å². The largest absolute Gasteiger partial charge is 0.369 e. The van der Waals surface area contributed by atoms with Crippen LogP contribution in [0.25, 0.3) is 10.8 Å². The van der Waals surface area contributed by atoms with Crippen molar-refractivity contribution in [3.05, 3.63) is 41.2 Å². The third-order valence-corrected chi connectivity index (χ3v) is 4.35. The Labute approximate surface area is 125 Å². The van der Waals surface area contributed by atoms with Gasteiger partial charge in [0.2, 0.25) is 0 Å². The molecule has 0 saturated carbocycles. The summed E-state index contributed by atoms with van der Waals surface area (Å²) in [4.78, 5) is 26.1. The molecule has 112 valence electrons. The molecule has 2 heterocycles. The lowest BCUT2D eigenvalue weighted by molar-refractivity contribution is -0.0377. The first-order valence-electron chi connectivity index (χ1n) is 7.17. The summed E-state index contributed by atoms with van der Waals surface area (Å²) in [5, 5.41) is 10.6. The number of hydrogen-bond donors (Lipinski definition) is 1. The molecule has 22 heavy (non-hydrogen) atoms. The fourth-order valence-electron chi connectivity index (χ4n) is 3.37. The van der Waals surface area contributed by atoms with Crippen molar-refractivity contribution in [3.63, 3.8) is 0 Å². The molecule has 0 spiro atoms. The lowest BCUT2D eigenvalue weighted by Crippen LogP contribution is -2.37. The molecule has 2 aromatic carbocycles. The fraction of sp³-hybridized carbons (Fsp3) is 0.250. The number of anilines is 1. The number of nitrogens with zero attached hydrogens (tertiary/aromatic N) is 2. The Kier molecular flexibility index (Phi) is 2.71. The molecule has 6 heteroatoms. The van der Waals surface area contributed by atoms with E-state index in [0.29, 0.717) is 16.5 Å². The standard InChI is InChI=1S/C16H13FN2O3/c17-12-8-11-13-9(14(12)18-6-1-2-7-18)4-3-5-10(13)15(20)19(22)16(11)21/h3-5,8,22H,1-2,6-7H2. The van der Waals surface area contributed by atoms with E-state index in [-0.39, 0.29) is 16.2 Å². The van der Waals surface area contributed by atoms with Crippen molar-refractivity contribution in [3.8, 4) is 0 Å². The maximum atomic E-state index is 14.6. The molecule has 0 aliphatic carbocycles. The minimum absolute atomic E-state index is 0.0214. The van der Waals surface area contributed by atoms with Gasteiger partial charge in [-0.1, -0.05) is 12.1 Å². The second kappa shape index (κ2) is 4.51. The zero-order valence-electron chi connectivity index (χ0n) is 11.7. The van der Waals surface area contributed by atoms with E-state index in [1.165, 1.54) is 6.07 Å². The van der Waals surface area contributed by atoms with Gasteiger partial charge in [0.05, 0.1) is 16.8 Å². The lowest BCUT2D eigenvalue weighted by Gasteiger charge is -2.26. The Morgan fingerprint density at radius 3 is 2.45 bits per heavy atom. The van der Waals surface area contributed by atoms with Gasteiger partial charge in [-0.05, 0) is 25.0 Å². The summed E-state index contributed by atoms with van der Waals surface area (Å²) in [6.07, 6.45) is 1.98. The second-order valence-corrected chi connectivity index (χ2v) is 5.60. The normalized spacial score (nSPS) is 17.7. The number of imide groups is 1. The zero-order valence-corrected chi connectivity index (χ0v) is 11.7. The van der Waals surface area contributed by atoms with E-state index in [1.807, 2.05) is 4.90 Å². The summed E-state index contributed by atoms with van der Waals surface area (Å²) in [5.74, 6) is -2.17. The van der Waals surface area contributed by atoms with Crippen molar-refractivity contribution in [2.75, 3.05) is 18.0 Å². The van der Waals surface area contributed by atoms with Gasteiger partial charge in [-0.2, -0.15) is 0 Å². The highest BCUT2D eigenvalue weighted by atomic mass is 19.1. The van der Waals surface area contributed by atoms with Gasteiger partial charge in [-0.15, -0.1) is 5.06 Å². The molecule has 1 N–H and O–H groups in total. The van der Waals surface area contributed by atoms with Gasteiger partial charge >= 0.3 is 0 Å². The minimum Gasteiger partial charge on any atom is -0.369 e. The molecule has 1 fully saturated rings. The van der Waals surface area contributed by atoms with Crippen molar-refractivity contribution in [2.45, 2.75) is 12.8 Å². The molecular formula is C16H13FN2O3. The number of hydroxylamine groups is 2. The molecule has 5 nitrogen and oxygen atoms in total. The number of benzene rings is 2. The van der Waals surface area contributed by atoms with Crippen LogP contribution < -0.4 is 4.90 Å². The van der Waals surface area contributed by atoms with Crippen molar-refractivity contribution in [2.24, 2.45) is 0 Å². The zero-order chi connectivity index (χ0) is 15.4. The Morgan fingerprint density at radius 2 is 1.73 bits per heavy atom. The molecular weight excluding hydrogens is 287 g/mol. The van der Waals surface area contributed by atoms with Gasteiger partial charge in [0.15, 0.2) is 0 Å². The summed E-state index contributed by atoms with van der Waals surface area (Å²) in [6.45, 7) is 1.51. The average molecular weight is 300 g/mol. The van der Waals surface area contributed by atoms with Gasteiger partial charge in [-0.3, -0.25) is 14.8 Å². The second-order valence-electron chi connectivity index (χ2n) is 5.60. The Bertz CT molecular complexity index is 828. The third-order valence-electron chi connectivity index (χ3n) is 4.35. The number of rotatable bonds is 1. The van der Waals surface area contributed by atoms with E-state index in [9.17, 15) is 19.2 Å². The SMILES string of the molecule is O=C1c2cccc3c(N4CCCC4)c(F)cc(c23)C(=O)N1O. The molecule has 0 aromatic heterocycles. The number of amides is 2. The van der Waals surface area contributed by atoms with Crippen LogP contribution in [0, 0.1) is 5.82 Å². The number of carbonyl (C=O) groups is 2. The average Bonchev–Trinajstić information content (AvgIpc) is 3.04. The molecule has 2 aliphatic heterocycles. The van der Waals surface area contributed by atoms with Gasteiger partial charge < -0.3 is 4.90 Å². The van der Waals surface area contributed by atoms with E-state index in [1.54, 1.807) is 12.1 Å². The predicted octanol–water partition coefficient (Wildman–Crippen LogP) is 2.56. The van der Waals surface area contributed by atoms with Crippen molar-refractivity contribution in [1.29, 1.82) is 0 Å². The first kappa shape index (κ1) is 13.2. The maximum Gasteiger partial charge on any atom is 0.285 e. The Balaban J connectivity index is 2.09. The van der Waals surface area contributed by atoms with Crippen LogP contribution in [0.15, 0.2) is 24.3 Å². The highest BCUT2D eigenvalue weighted by Gasteiger charge is 2.34. The minimum atomic E-state index is -0.888. The van der Waals surface area contributed by atoms with Gasteiger partial charge in [-0.25, -0.2) is 4.39 Å². The Morgan fingerprint density at radius 1 is 1.05 bits per heavy atom. The van der Waals surface area contributed by atoms with Gasteiger partial charge in [0.25, 0.3) is 11.8 Å². The van der Waals surface area contributed by atoms with Crippen LogP contribution in [0.3, 0.4) is 0 Å². The predicted molar refractivity (Wildman–Crippen MR) is 77.6 cm³/mol. The molecule has 1 saturated heterocycles. The topological polar surface area (TPSA) is 60.9 Å². The summed E-state index contributed by atoms with van der Waals surface area (Å²) < 4.78 is 14.6. The first-order chi connectivity index (χ1) is 10.6. The van der Waals surface area contributed by atoms with E-state index >= 15 is 0 Å². The van der Waals surface area contributed by atoms with Crippen LogP contribution in [0.2, 0.25) is 0 Å². The van der Waals surface area contributed by atoms with Crippen LogP contribution in [0.5, 0.6) is 0 Å². The highest BCUT2D eigenvalue weighted by Crippen LogP contribution is 2.38. The number of halogens is 1. The lowest BCUT2D eigenvalue weighted by atomic mass is 9.93. The van der Waals surface area contributed by atoms with E-state index in [2.05, 4.69) is 0 Å².